The van der Waals surface area contributed by atoms with Crippen molar-refractivity contribution < 1.29 is 9.90 Å². The molecule has 2 rings (SSSR count). The van der Waals surface area contributed by atoms with E-state index in [0.29, 0.717) is 0 Å². The maximum absolute atomic E-state index is 9.00. The Balaban J connectivity index is 0.000000213. The van der Waals surface area contributed by atoms with Crippen LogP contribution in [0.4, 0.5) is 0 Å². The Morgan fingerprint density at radius 3 is 2.64 bits per heavy atom. The van der Waals surface area contributed by atoms with Gasteiger partial charge in [0.2, 0.25) is 0 Å². The number of carboxylic acid groups (broad SMARTS) is 1. The van der Waals surface area contributed by atoms with Crippen molar-refractivity contribution in [3.63, 3.8) is 0 Å². The maximum atomic E-state index is 9.00. The third kappa shape index (κ3) is 2.88. The van der Waals surface area contributed by atoms with Crippen molar-refractivity contribution >= 4 is 32.8 Å². The van der Waals surface area contributed by atoms with Gasteiger partial charge < -0.3 is 10.1 Å². The summed E-state index contributed by atoms with van der Waals surface area (Å²) in [6.45, 7) is 1.08. The molecular weight excluding hydrogens is 246 g/mol. The molecule has 0 saturated heterocycles. The third-order valence-electron chi connectivity index (χ3n) is 1.54. The van der Waals surface area contributed by atoms with Crippen molar-refractivity contribution in [2.24, 2.45) is 0 Å². The maximum Gasteiger partial charge on any atom is 0.300 e. The number of aromatic amines is 1. The number of para-hydroxylation sites is 1. The highest BCUT2D eigenvalue weighted by Gasteiger charge is 1.95. The van der Waals surface area contributed by atoms with Gasteiger partial charge in [-0.05, 0) is 28.1 Å². The molecule has 0 bridgehead atoms. The predicted molar refractivity (Wildman–Crippen MR) is 59.3 cm³/mol. The molecule has 14 heavy (non-hydrogen) atoms. The van der Waals surface area contributed by atoms with Gasteiger partial charge in [0.25, 0.3) is 5.97 Å². The summed E-state index contributed by atoms with van der Waals surface area (Å²) in [5.41, 5.74) is 1.17. The SMILES string of the molecule is Brc1cccc2cc[nH]c12.CC(=O)O. The summed E-state index contributed by atoms with van der Waals surface area (Å²) in [5.74, 6) is -0.833. The van der Waals surface area contributed by atoms with Crippen molar-refractivity contribution in [3.8, 4) is 0 Å². The first kappa shape index (κ1) is 10.8. The minimum atomic E-state index is -0.833. The lowest BCUT2D eigenvalue weighted by Crippen LogP contribution is -1.78. The zero-order valence-electron chi connectivity index (χ0n) is 7.62. The second kappa shape index (κ2) is 4.81. The Hall–Kier alpha value is -1.29. The highest BCUT2D eigenvalue weighted by Crippen LogP contribution is 2.21. The molecule has 74 valence electrons. The molecule has 0 atom stereocenters. The van der Waals surface area contributed by atoms with Crippen LogP contribution in [-0.4, -0.2) is 16.1 Å². The van der Waals surface area contributed by atoms with Crippen LogP contribution in [-0.2, 0) is 4.79 Å². The quantitative estimate of drug-likeness (QED) is 0.761. The van der Waals surface area contributed by atoms with Crippen LogP contribution in [0.15, 0.2) is 34.9 Å². The molecule has 4 heteroatoms. The van der Waals surface area contributed by atoms with E-state index in [9.17, 15) is 0 Å². The van der Waals surface area contributed by atoms with E-state index in [1.807, 2.05) is 18.3 Å². The van der Waals surface area contributed by atoms with Crippen molar-refractivity contribution in [2.45, 2.75) is 6.92 Å². The van der Waals surface area contributed by atoms with Crippen LogP contribution in [0.3, 0.4) is 0 Å². The fraction of sp³-hybridized carbons (Fsp3) is 0.100. The first-order valence-corrected chi connectivity index (χ1v) is 4.81. The second-order valence-electron chi connectivity index (χ2n) is 2.70. The number of benzene rings is 1. The molecule has 3 nitrogen and oxygen atoms in total. The van der Waals surface area contributed by atoms with Crippen LogP contribution in [0.2, 0.25) is 0 Å². The second-order valence-corrected chi connectivity index (χ2v) is 3.56. The molecule has 0 aliphatic rings. The molecule has 1 heterocycles. The summed E-state index contributed by atoms with van der Waals surface area (Å²) in [5, 5.41) is 8.66. The monoisotopic (exact) mass is 255 g/mol. The van der Waals surface area contributed by atoms with Crippen LogP contribution in [0, 0.1) is 0 Å². The molecular formula is C10H10BrNO2. The van der Waals surface area contributed by atoms with Crippen molar-refractivity contribution in [1.29, 1.82) is 0 Å². The van der Waals surface area contributed by atoms with Crippen molar-refractivity contribution in [2.75, 3.05) is 0 Å². The van der Waals surface area contributed by atoms with E-state index in [-0.39, 0.29) is 0 Å². The lowest BCUT2D eigenvalue weighted by Gasteiger charge is -1.90. The van der Waals surface area contributed by atoms with E-state index in [4.69, 9.17) is 9.90 Å². The molecule has 0 amide bonds. The minimum Gasteiger partial charge on any atom is -0.481 e. The van der Waals surface area contributed by atoms with Crippen LogP contribution >= 0.6 is 15.9 Å². The number of aliphatic carboxylic acids is 1. The molecule has 2 aromatic rings. The van der Waals surface area contributed by atoms with Gasteiger partial charge in [-0.1, -0.05) is 12.1 Å². The number of carbonyl (C=O) groups is 1. The standard InChI is InChI=1S/C8H6BrN.C2H4O2/c9-7-3-1-2-6-4-5-10-8(6)7;1-2(3)4/h1-5,10H;1H3,(H,3,4). The lowest BCUT2D eigenvalue weighted by atomic mass is 10.3. The normalized spacial score (nSPS) is 9.29. The van der Waals surface area contributed by atoms with E-state index in [1.165, 1.54) is 10.9 Å². The van der Waals surface area contributed by atoms with Gasteiger partial charge in [0.15, 0.2) is 0 Å². The number of rotatable bonds is 0. The summed E-state index contributed by atoms with van der Waals surface area (Å²) >= 11 is 3.44. The summed E-state index contributed by atoms with van der Waals surface area (Å²) in [7, 11) is 0. The summed E-state index contributed by atoms with van der Waals surface area (Å²) < 4.78 is 1.12. The number of nitrogens with one attached hydrogen (secondary N) is 1. The van der Waals surface area contributed by atoms with Gasteiger partial charge in [0, 0.05) is 23.0 Å². The van der Waals surface area contributed by atoms with Gasteiger partial charge in [-0.15, -0.1) is 0 Å². The van der Waals surface area contributed by atoms with Gasteiger partial charge in [0.1, 0.15) is 0 Å². The molecule has 0 aliphatic carbocycles. The van der Waals surface area contributed by atoms with Gasteiger partial charge in [-0.2, -0.15) is 0 Å². The predicted octanol–water partition coefficient (Wildman–Crippen LogP) is 3.02. The molecule has 1 aromatic heterocycles. The Morgan fingerprint density at radius 2 is 2.07 bits per heavy atom. The van der Waals surface area contributed by atoms with E-state index in [0.717, 1.165) is 11.4 Å². The zero-order valence-corrected chi connectivity index (χ0v) is 9.21. The number of aromatic nitrogens is 1. The van der Waals surface area contributed by atoms with E-state index in [1.54, 1.807) is 0 Å². The minimum absolute atomic E-state index is 0.833. The molecule has 0 saturated carbocycles. The lowest BCUT2D eigenvalue weighted by molar-refractivity contribution is -0.134. The van der Waals surface area contributed by atoms with E-state index in [2.05, 4.69) is 33.0 Å². The number of carboxylic acids is 1. The fourth-order valence-corrected chi connectivity index (χ4v) is 1.54. The smallest absolute Gasteiger partial charge is 0.300 e. The fourth-order valence-electron chi connectivity index (χ4n) is 1.05. The van der Waals surface area contributed by atoms with Crippen molar-refractivity contribution in [1.82, 2.24) is 4.98 Å². The topological polar surface area (TPSA) is 53.1 Å². The van der Waals surface area contributed by atoms with E-state index < -0.39 is 5.97 Å². The largest absolute Gasteiger partial charge is 0.481 e. The molecule has 0 radical (unpaired) electrons. The summed E-state index contributed by atoms with van der Waals surface area (Å²) in [6, 6.07) is 8.19. The highest BCUT2D eigenvalue weighted by atomic mass is 79.9. The number of hydrogen-bond donors (Lipinski definition) is 2. The molecule has 0 unspecified atom stereocenters. The molecule has 0 aliphatic heterocycles. The van der Waals surface area contributed by atoms with Crippen LogP contribution in [0.25, 0.3) is 10.9 Å². The Kier molecular flexibility index (Phi) is 3.71. The zero-order chi connectivity index (χ0) is 10.6. The van der Waals surface area contributed by atoms with Crippen molar-refractivity contribution in [3.05, 3.63) is 34.9 Å². The van der Waals surface area contributed by atoms with Gasteiger partial charge >= 0.3 is 0 Å². The summed E-state index contributed by atoms with van der Waals surface area (Å²) in [4.78, 5) is 12.1. The van der Waals surface area contributed by atoms with Gasteiger partial charge in [0.05, 0.1) is 5.52 Å². The van der Waals surface area contributed by atoms with Crippen LogP contribution < -0.4 is 0 Å². The highest BCUT2D eigenvalue weighted by molar-refractivity contribution is 9.10. The van der Waals surface area contributed by atoms with E-state index >= 15 is 0 Å². The average molecular weight is 256 g/mol. The average Bonchev–Trinajstić information content (AvgIpc) is 2.52. The summed E-state index contributed by atoms with van der Waals surface area (Å²) in [6.07, 6.45) is 1.94. The number of hydrogen-bond acceptors (Lipinski definition) is 1. The Morgan fingerprint density at radius 1 is 1.43 bits per heavy atom. The van der Waals surface area contributed by atoms with Gasteiger partial charge in [-0.25, -0.2) is 0 Å². The Labute approximate surface area is 89.9 Å². The molecule has 0 fully saturated rings. The molecule has 2 N–H and O–H groups in total. The van der Waals surface area contributed by atoms with Gasteiger partial charge in [-0.3, -0.25) is 4.79 Å². The molecule has 0 spiro atoms. The number of H-pyrrole nitrogens is 1. The first-order valence-electron chi connectivity index (χ1n) is 4.02. The third-order valence-corrected chi connectivity index (χ3v) is 2.20. The van der Waals surface area contributed by atoms with Crippen LogP contribution in [0.5, 0.6) is 0 Å². The Bertz CT molecular complexity index is 432. The number of halogens is 1. The molecule has 1 aromatic carbocycles. The van der Waals surface area contributed by atoms with Crippen LogP contribution in [0.1, 0.15) is 6.92 Å². The number of fused-ring (bicyclic) bond motifs is 1. The first-order chi connectivity index (χ1) is 6.61.